The molecule has 120 valence electrons. The summed E-state index contributed by atoms with van der Waals surface area (Å²) in [7, 11) is -4.02. The molecule has 0 saturated heterocycles. The van der Waals surface area contributed by atoms with E-state index in [0.29, 0.717) is 22.0 Å². The Morgan fingerprint density at radius 3 is 2.46 bits per heavy atom. The molecule has 4 rings (SSSR count). The number of aryl methyl sites for hydroxylation is 1. The average Bonchev–Trinajstić information content (AvgIpc) is 2.88. The first-order valence-electron chi connectivity index (χ1n) is 7.34. The molecule has 0 aromatic heterocycles. The highest BCUT2D eigenvalue weighted by Gasteiger charge is 2.27. The number of anilines is 1. The molecule has 0 bridgehead atoms. The predicted molar refractivity (Wildman–Crippen MR) is 90.9 cm³/mol. The van der Waals surface area contributed by atoms with Gasteiger partial charge in [0.15, 0.2) is 0 Å². The molecule has 3 aromatic rings. The summed E-state index contributed by atoms with van der Waals surface area (Å²) in [5.74, 6) is 0.0163. The lowest BCUT2D eigenvalue weighted by atomic mass is 10.1. The van der Waals surface area contributed by atoms with Crippen molar-refractivity contribution in [2.24, 2.45) is 0 Å². The van der Waals surface area contributed by atoms with E-state index in [9.17, 15) is 13.2 Å². The van der Waals surface area contributed by atoms with Gasteiger partial charge in [-0.25, -0.2) is 0 Å². The number of carbonyl (C=O) groups is 1. The zero-order chi connectivity index (χ0) is 16.9. The molecule has 0 aliphatic carbocycles. The number of carbonyl (C=O) groups excluding carboxylic acids is 1. The fraction of sp³-hybridized carbons (Fsp3) is 0.0556. The molecule has 1 heterocycles. The summed E-state index contributed by atoms with van der Waals surface area (Å²) in [6.07, 6.45) is 0. The van der Waals surface area contributed by atoms with Gasteiger partial charge in [0.05, 0.1) is 0 Å². The van der Waals surface area contributed by atoms with Crippen LogP contribution in [0.1, 0.15) is 15.9 Å². The largest absolute Gasteiger partial charge is 0.379 e. The van der Waals surface area contributed by atoms with Crippen molar-refractivity contribution in [3.63, 3.8) is 0 Å². The maximum atomic E-state index is 12.7. The van der Waals surface area contributed by atoms with Gasteiger partial charge in [-0.05, 0) is 37.3 Å². The van der Waals surface area contributed by atoms with E-state index in [1.807, 2.05) is 6.92 Å². The smallest absolute Gasteiger partial charge is 0.339 e. The van der Waals surface area contributed by atoms with Gasteiger partial charge < -0.3 is 9.50 Å². The molecule has 1 amide bonds. The van der Waals surface area contributed by atoms with Crippen molar-refractivity contribution in [2.45, 2.75) is 11.8 Å². The highest BCUT2D eigenvalue weighted by Crippen LogP contribution is 2.37. The Morgan fingerprint density at radius 2 is 1.71 bits per heavy atom. The normalized spacial score (nSPS) is 13.1. The molecular weight excluding hydrogens is 326 g/mol. The first kappa shape index (κ1) is 14.7. The maximum absolute atomic E-state index is 12.7. The van der Waals surface area contributed by atoms with Crippen molar-refractivity contribution < 1.29 is 17.4 Å². The van der Waals surface area contributed by atoms with E-state index >= 15 is 0 Å². The molecule has 3 aromatic carbocycles. The minimum atomic E-state index is -4.02. The molecule has 5 nitrogen and oxygen atoms in total. The molecule has 0 radical (unpaired) electrons. The molecule has 0 unspecified atom stereocenters. The second kappa shape index (κ2) is 5.07. The molecule has 6 heteroatoms. The number of benzene rings is 3. The zero-order valence-electron chi connectivity index (χ0n) is 12.7. The van der Waals surface area contributed by atoms with Crippen LogP contribution in [0.15, 0.2) is 59.5 Å². The van der Waals surface area contributed by atoms with E-state index in [4.69, 9.17) is 4.18 Å². The lowest BCUT2D eigenvalue weighted by Gasteiger charge is -2.10. The number of hydrogen-bond acceptors (Lipinski definition) is 4. The lowest BCUT2D eigenvalue weighted by molar-refractivity contribution is 0.103. The molecule has 0 spiro atoms. The topological polar surface area (TPSA) is 72.5 Å². The Balaban J connectivity index is 1.86. The fourth-order valence-corrected chi connectivity index (χ4v) is 3.97. The Morgan fingerprint density at radius 1 is 0.958 bits per heavy atom. The monoisotopic (exact) mass is 339 g/mol. The SMILES string of the molecule is Cc1ccc(OS(=O)(=O)c2ccc3c4c(cccc24)C(=O)N3)cc1. The van der Waals surface area contributed by atoms with Crippen LogP contribution in [-0.2, 0) is 10.1 Å². The van der Waals surface area contributed by atoms with Crippen molar-refractivity contribution in [3.8, 4) is 5.75 Å². The molecule has 1 N–H and O–H groups in total. The standard InChI is InChI=1S/C18H13NO4S/c1-11-5-7-12(8-6-11)23-24(21,22)16-10-9-15-17-13(16)3-2-4-14(17)18(20)19-15/h2-10H,1H3,(H,19,20). The van der Waals surface area contributed by atoms with E-state index < -0.39 is 10.1 Å². The summed E-state index contributed by atoms with van der Waals surface area (Å²) >= 11 is 0. The third kappa shape index (κ3) is 2.23. The second-order valence-corrected chi connectivity index (χ2v) is 7.16. The van der Waals surface area contributed by atoms with Crippen LogP contribution in [0.2, 0.25) is 0 Å². The van der Waals surface area contributed by atoms with Gasteiger partial charge >= 0.3 is 10.1 Å². The van der Waals surface area contributed by atoms with Gasteiger partial charge in [-0.2, -0.15) is 8.42 Å². The number of amides is 1. The predicted octanol–water partition coefficient (Wildman–Crippen LogP) is 3.48. The Labute approximate surface area is 139 Å². The summed E-state index contributed by atoms with van der Waals surface area (Å²) in [6.45, 7) is 1.91. The molecule has 1 aliphatic rings. The first-order valence-corrected chi connectivity index (χ1v) is 8.75. The van der Waals surface area contributed by atoms with Gasteiger partial charge in [-0.15, -0.1) is 0 Å². The quantitative estimate of drug-likeness (QED) is 0.742. The molecule has 1 aliphatic heterocycles. The molecule has 24 heavy (non-hydrogen) atoms. The summed E-state index contributed by atoms with van der Waals surface area (Å²) in [4.78, 5) is 12.0. The van der Waals surface area contributed by atoms with Gasteiger partial charge in [-0.3, -0.25) is 4.79 Å². The van der Waals surface area contributed by atoms with E-state index in [1.165, 1.54) is 6.07 Å². The van der Waals surface area contributed by atoms with Gasteiger partial charge in [0, 0.05) is 22.0 Å². The Bertz CT molecular complexity index is 1090. The van der Waals surface area contributed by atoms with Crippen molar-refractivity contribution in [3.05, 3.63) is 65.7 Å². The van der Waals surface area contributed by atoms with Crippen LogP contribution >= 0.6 is 0 Å². The lowest BCUT2D eigenvalue weighted by Crippen LogP contribution is -2.10. The number of hydrogen-bond donors (Lipinski definition) is 1. The Hall–Kier alpha value is -2.86. The van der Waals surface area contributed by atoms with Gasteiger partial charge in [0.2, 0.25) is 0 Å². The van der Waals surface area contributed by atoms with Crippen LogP contribution in [0.25, 0.3) is 10.8 Å². The van der Waals surface area contributed by atoms with Crippen molar-refractivity contribution in [2.75, 3.05) is 5.32 Å². The van der Waals surface area contributed by atoms with Gasteiger partial charge in [-0.1, -0.05) is 29.8 Å². The maximum Gasteiger partial charge on any atom is 0.339 e. The summed E-state index contributed by atoms with van der Waals surface area (Å²) < 4.78 is 30.6. The zero-order valence-corrected chi connectivity index (χ0v) is 13.6. The Kier molecular flexibility index (Phi) is 3.11. The van der Waals surface area contributed by atoms with E-state index in [-0.39, 0.29) is 16.6 Å². The number of nitrogens with one attached hydrogen (secondary N) is 1. The molecular formula is C18H13NO4S. The van der Waals surface area contributed by atoms with Crippen molar-refractivity contribution in [1.82, 2.24) is 0 Å². The van der Waals surface area contributed by atoms with E-state index in [0.717, 1.165) is 5.56 Å². The van der Waals surface area contributed by atoms with E-state index in [2.05, 4.69) is 5.32 Å². The summed E-state index contributed by atoms with van der Waals surface area (Å²) in [5.41, 5.74) is 2.09. The third-order valence-electron chi connectivity index (χ3n) is 3.99. The van der Waals surface area contributed by atoms with Crippen LogP contribution in [0.4, 0.5) is 5.69 Å². The average molecular weight is 339 g/mol. The van der Waals surface area contributed by atoms with Crippen molar-refractivity contribution >= 4 is 32.5 Å². The van der Waals surface area contributed by atoms with Crippen LogP contribution < -0.4 is 9.50 Å². The molecule has 0 atom stereocenters. The highest BCUT2D eigenvalue weighted by molar-refractivity contribution is 7.87. The first-order chi connectivity index (χ1) is 11.5. The summed E-state index contributed by atoms with van der Waals surface area (Å²) in [6, 6.07) is 14.8. The minimum Gasteiger partial charge on any atom is -0.379 e. The van der Waals surface area contributed by atoms with Crippen molar-refractivity contribution in [1.29, 1.82) is 0 Å². The van der Waals surface area contributed by atoms with Gasteiger partial charge in [0.1, 0.15) is 10.6 Å². The fourth-order valence-electron chi connectivity index (χ4n) is 2.85. The minimum absolute atomic E-state index is 0.0418. The highest BCUT2D eigenvalue weighted by atomic mass is 32.2. The van der Waals surface area contributed by atoms with Crippen LogP contribution in [-0.4, -0.2) is 14.3 Å². The van der Waals surface area contributed by atoms with Gasteiger partial charge in [0.25, 0.3) is 5.91 Å². The molecule has 0 saturated carbocycles. The summed E-state index contributed by atoms with van der Waals surface area (Å²) in [5, 5.41) is 3.81. The van der Waals surface area contributed by atoms with E-state index in [1.54, 1.807) is 48.5 Å². The van der Waals surface area contributed by atoms with Crippen LogP contribution in [0, 0.1) is 6.92 Å². The molecule has 0 fully saturated rings. The van der Waals surface area contributed by atoms with Crippen LogP contribution in [0.3, 0.4) is 0 Å². The third-order valence-corrected chi connectivity index (χ3v) is 5.30. The second-order valence-electron chi connectivity index (χ2n) is 5.64. The van der Waals surface area contributed by atoms with Crippen LogP contribution in [0.5, 0.6) is 5.75 Å². The number of rotatable bonds is 3.